The molecule has 2 aliphatic rings. The van der Waals surface area contributed by atoms with Crippen LogP contribution in [0, 0.1) is 10.8 Å². The first-order chi connectivity index (χ1) is 5.90. The van der Waals surface area contributed by atoms with Crippen molar-refractivity contribution < 1.29 is 5.11 Å². The highest BCUT2D eigenvalue weighted by atomic mass is 79.9. The Balaban J connectivity index is 2.48. The molecule has 0 aliphatic heterocycles. The number of fused-ring (bicyclic) bond motifs is 2. The third-order valence-corrected chi connectivity index (χ3v) is 6.56. The first-order valence-electron chi connectivity index (χ1n) is 4.97. The molecule has 76 valence electrons. The van der Waals surface area contributed by atoms with Crippen LogP contribution in [0.3, 0.4) is 0 Å². The van der Waals surface area contributed by atoms with E-state index in [4.69, 9.17) is 5.73 Å². The smallest absolute Gasteiger partial charge is 0.0627 e. The second-order valence-electron chi connectivity index (χ2n) is 5.17. The number of rotatable bonds is 1. The van der Waals surface area contributed by atoms with Gasteiger partial charge in [0.1, 0.15) is 0 Å². The lowest BCUT2D eigenvalue weighted by atomic mass is 9.68. The molecule has 2 rings (SSSR count). The van der Waals surface area contributed by atoms with Gasteiger partial charge in [-0.05, 0) is 24.7 Å². The van der Waals surface area contributed by atoms with Crippen LogP contribution < -0.4 is 5.73 Å². The summed E-state index contributed by atoms with van der Waals surface area (Å²) in [6, 6.07) is 0. The summed E-state index contributed by atoms with van der Waals surface area (Å²) in [7, 11) is 0. The molecule has 0 amide bonds. The summed E-state index contributed by atoms with van der Waals surface area (Å²) in [4.78, 5) is 0. The molecule has 0 saturated heterocycles. The zero-order chi connectivity index (χ0) is 9.91. The number of nitrogens with two attached hydrogens (primary N) is 1. The maximum atomic E-state index is 10.1. The molecule has 0 aromatic carbocycles. The predicted molar refractivity (Wildman–Crippen MR) is 56.8 cm³/mol. The van der Waals surface area contributed by atoms with Gasteiger partial charge in [0.05, 0.1) is 6.10 Å². The molecule has 3 N–H and O–H groups in total. The molecule has 13 heavy (non-hydrogen) atoms. The Morgan fingerprint density at radius 2 is 2.08 bits per heavy atom. The van der Waals surface area contributed by atoms with Crippen molar-refractivity contribution >= 4 is 15.9 Å². The molecular formula is C10H18BrNO. The molecule has 3 atom stereocenters. The second kappa shape index (κ2) is 2.50. The van der Waals surface area contributed by atoms with Crippen molar-refractivity contribution in [3.8, 4) is 0 Å². The number of aliphatic hydroxyl groups excluding tert-OH is 1. The minimum absolute atomic E-state index is 0.0451. The van der Waals surface area contributed by atoms with Gasteiger partial charge < -0.3 is 10.8 Å². The van der Waals surface area contributed by atoms with Crippen molar-refractivity contribution in [3.05, 3.63) is 0 Å². The number of halogens is 1. The van der Waals surface area contributed by atoms with E-state index in [0.29, 0.717) is 6.54 Å². The van der Waals surface area contributed by atoms with E-state index < -0.39 is 0 Å². The first kappa shape index (κ1) is 9.94. The van der Waals surface area contributed by atoms with Crippen LogP contribution in [0.15, 0.2) is 0 Å². The quantitative estimate of drug-likeness (QED) is 0.693. The van der Waals surface area contributed by atoms with Crippen LogP contribution in [0.1, 0.15) is 33.1 Å². The SMILES string of the molecule is CC1(C)C2(Br)CCC1(CN)C(O)C2. The van der Waals surface area contributed by atoms with Crippen LogP contribution in [0.25, 0.3) is 0 Å². The van der Waals surface area contributed by atoms with Crippen molar-refractivity contribution in [2.24, 2.45) is 16.6 Å². The molecule has 2 saturated carbocycles. The van der Waals surface area contributed by atoms with Crippen molar-refractivity contribution in [2.75, 3.05) is 6.54 Å². The average molecular weight is 248 g/mol. The van der Waals surface area contributed by atoms with Gasteiger partial charge in [-0.25, -0.2) is 0 Å². The Morgan fingerprint density at radius 1 is 1.46 bits per heavy atom. The summed E-state index contributed by atoms with van der Waals surface area (Å²) >= 11 is 3.81. The number of aliphatic hydroxyl groups is 1. The highest BCUT2D eigenvalue weighted by Crippen LogP contribution is 2.70. The minimum atomic E-state index is -0.222. The van der Waals surface area contributed by atoms with Crippen LogP contribution in [0.5, 0.6) is 0 Å². The van der Waals surface area contributed by atoms with Gasteiger partial charge in [0, 0.05) is 16.3 Å². The average Bonchev–Trinajstić information content (AvgIpc) is 2.30. The van der Waals surface area contributed by atoms with Crippen molar-refractivity contribution in [2.45, 2.75) is 43.5 Å². The van der Waals surface area contributed by atoms with Gasteiger partial charge in [-0.2, -0.15) is 0 Å². The van der Waals surface area contributed by atoms with Gasteiger partial charge in [-0.1, -0.05) is 29.8 Å². The molecule has 2 bridgehead atoms. The first-order valence-corrected chi connectivity index (χ1v) is 5.76. The Bertz CT molecular complexity index is 243. The third kappa shape index (κ3) is 0.864. The molecule has 3 unspecified atom stereocenters. The maximum Gasteiger partial charge on any atom is 0.0627 e. The highest BCUT2D eigenvalue weighted by molar-refractivity contribution is 9.10. The van der Waals surface area contributed by atoms with Crippen LogP contribution in [-0.2, 0) is 0 Å². The van der Waals surface area contributed by atoms with Crippen LogP contribution in [-0.4, -0.2) is 22.1 Å². The Labute approximate surface area is 88.0 Å². The van der Waals surface area contributed by atoms with Gasteiger partial charge in [0.2, 0.25) is 0 Å². The minimum Gasteiger partial charge on any atom is -0.392 e. The van der Waals surface area contributed by atoms with E-state index in [1.165, 1.54) is 0 Å². The third-order valence-electron chi connectivity index (χ3n) is 4.85. The number of hydrogen-bond acceptors (Lipinski definition) is 2. The monoisotopic (exact) mass is 247 g/mol. The lowest BCUT2D eigenvalue weighted by Gasteiger charge is -2.40. The molecule has 2 fully saturated rings. The van der Waals surface area contributed by atoms with Crippen molar-refractivity contribution in [1.29, 1.82) is 0 Å². The number of hydrogen-bond donors (Lipinski definition) is 2. The normalized spacial score (nSPS) is 52.8. The van der Waals surface area contributed by atoms with E-state index in [1.54, 1.807) is 0 Å². The molecular weight excluding hydrogens is 230 g/mol. The molecule has 2 aliphatic carbocycles. The van der Waals surface area contributed by atoms with E-state index in [-0.39, 0.29) is 21.3 Å². The lowest BCUT2D eigenvalue weighted by molar-refractivity contribution is 0.00469. The van der Waals surface area contributed by atoms with Crippen LogP contribution in [0.4, 0.5) is 0 Å². The van der Waals surface area contributed by atoms with E-state index >= 15 is 0 Å². The summed E-state index contributed by atoms with van der Waals surface area (Å²) in [6.45, 7) is 5.07. The summed E-state index contributed by atoms with van der Waals surface area (Å²) in [5.74, 6) is 0. The Kier molecular flexibility index (Phi) is 1.91. The highest BCUT2D eigenvalue weighted by Gasteiger charge is 2.69. The Hall–Kier alpha value is 0.400. The van der Waals surface area contributed by atoms with E-state index in [1.807, 2.05) is 0 Å². The molecule has 0 spiro atoms. The summed E-state index contributed by atoms with van der Waals surface area (Å²) in [5.41, 5.74) is 5.92. The van der Waals surface area contributed by atoms with Gasteiger partial charge in [0.25, 0.3) is 0 Å². The standard InChI is InChI=1S/C10H18BrNO/c1-8(2)9(6-12)3-4-10(8,11)5-7(9)13/h7,13H,3-6,12H2,1-2H3. The summed E-state index contributed by atoms with van der Waals surface area (Å²) in [5, 5.41) is 10.1. The number of alkyl halides is 1. The van der Waals surface area contributed by atoms with Gasteiger partial charge in [0.15, 0.2) is 0 Å². The largest absolute Gasteiger partial charge is 0.392 e. The second-order valence-corrected chi connectivity index (χ2v) is 6.69. The van der Waals surface area contributed by atoms with Crippen molar-refractivity contribution in [3.63, 3.8) is 0 Å². The van der Waals surface area contributed by atoms with Gasteiger partial charge >= 0.3 is 0 Å². The topological polar surface area (TPSA) is 46.2 Å². The molecule has 3 heteroatoms. The van der Waals surface area contributed by atoms with E-state index in [9.17, 15) is 5.11 Å². The fourth-order valence-corrected chi connectivity index (χ4v) is 4.33. The molecule has 0 radical (unpaired) electrons. The lowest BCUT2D eigenvalue weighted by Crippen LogP contribution is -2.45. The zero-order valence-electron chi connectivity index (χ0n) is 8.31. The van der Waals surface area contributed by atoms with Crippen LogP contribution >= 0.6 is 15.9 Å². The molecule has 0 heterocycles. The molecule has 2 nitrogen and oxygen atoms in total. The zero-order valence-corrected chi connectivity index (χ0v) is 9.89. The fraction of sp³-hybridized carbons (Fsp3) is 1.00. The van der Waals surface area contributed by atoms with E-state index in [2.05, 4.69) is 29.8 Å². The van der Waals surface area contributed by atoms with Gasteiger partial charge in [-0.15, -0.1) is 0 Å². The van der Waals surface area contributed by atoms with Crippen LogP contribution in [0.2, 0.25) is 0 Å². The molecule has 0 aromatic rings. The van der Waals surface area contributed by atoms with E-state index in [0.717, 1.165) is 19.3 Å². The Morgan fingerprint density at radius 3 is 2.31 bits per heavy atom. The summed E-state index contributed by atoms with van der Waals surface area (Å²) in [6.07, 6.45) is 2.84. The fourth-order valence-electron chi connectivity index (χ4n) is 3.43. The molecule has 0 aromatic heterocycles. The van der Waals surface area contributed by atoms with Gasteiger partial charge in [-0.3, -0.25) is 0 Å². The maximum absolute atomic E-state index is 10.1. The summed E-state index contributed by atoms with van der Waals surface area (Å²) < 4.78 is 0.124. The predicted octanol–water partition coefficient (Wildman–Crippen LogP) is 1.65. The van der Waals surface area contributed by atoms with Crippen molar-refractivity contribution in [1.82, 2.24) is 0 Å².